The molecule has 0 saturated carbocycles. The minimum absolute atomic E-state index is 0. The molecule has 0 spiro atoms. The first-order chi connectivity index (χ1) is 4.47. The molecule has 0 unspecified atom stereocenters. The van der Waals surface area contributed by atoms with Crippen LogP contribution in [0.1, 0.15) is 0 Å². The van der Waals surface area contributed by atoms with Crippen molar-refractivity contribution in [3.05, 3.63) is 29.8 Å². The van der Waals surface area contributed by atoms with E-state index in [4.69, 9.17) is 0 Å². The van der Waals surface area contributed by atoms with Crippen molar-refractivity contribution in [2.75, 3.05) is 0 Å². The predicted octanol–water partition coefficient (Wildman–Crippen LogP) is 2.09. The van der Waals surface area contributed by atoms with Crippen molar-refractivity contribution in [3.63, 3.8) is 0 Å². The Bertz CT molecular complexity index is 288. The summed E-state index contributed by atoms with van der Waals surface area (Å²) in [7, 11) is 0. The zero-order valence-corrected chi connectivity index (χ0v) is 7.33. The van der Waals surface area contributed by atoms with Gasteiger partial charge in [0.15, 0.2) is 0 Å². The third-order valence-corrected chi connectivity index (χ3v) is 1.93. The van der Waals surface area contributed by atoms with Crippen molar-refractivity contribution in [2.45, 2.75) is 0 Å². The molecule has 2 aromatic rings. The molecule has 0 N–H and O–H groups in total. The molecule has 3 heteroatoms. The van der Waals surface area contributed by atoms with Gasteiger partial charge in [-0.2, -0.15) is 0 Å². The summed E-state index contributed by atoms with van der Waals surface area (Å²) in [5.41, 5.74) is 3.87. The van der Waals surface area contributed by atoms with E-state index >= 15 is 0 Å². The molecule has 2 rings (SSSR count). The largest absolute Gasteiger partial charge is 0.386 e. The van der Waals surface area contributed by atoms with Crippen LogP contribution in [-0.4, -0.2) is 4.98 Å². The number of hydrogen-bond acceptors (Lipinski definition) is 2. The smallest absolute Gasteiger partial charge is 0 e. The van der Waals surface area contributed by atoms with E-state index in [-0.39, 0.29) is 18.6 Å². The molecule has 1 heterocycles. The Morgan fingerprint density at radius 2 is 2.10 bits per heavy atom. The van der Waals surface area contributed by atoms with Crippen molar-refractivity contribution in [1.29, 1.82) is 0 Å². The molecule has 1 nitrogen and oxygen atoms in total. The molecule has 0 aliphatic carbocycles. The third-order valence-electron chi connectivity index (χ3n) is 1.19. The van der Waals surface area contributed by atoms with Crippen molar-refractivity contribution >= 4 is 21.6 Å². The summed E-state index contributed by atoms with van der Waals surface area (Å²) in [6.07, 6.45) is 0. The molecular weight excluding hydrogens is 181 g/mol. The van der Waals surface area contributed by atoms with E-state index in [0.29, 0.717) is 0 Å². The van der Waals surface area contributed by atoms with Crippen molar-refractivity contribution < 1.29 is 18.6 Å². The van der Waals surface area contributed by atoms with E-state index in [2.05, 4.69) is 10.5 Å². The standard InChI is InChI=1S/C7H4NS.V/c1-2-4-7-6(3-1)8-5-9-7;/h1-4H;/q-1;. The summed E-state index contributed by atoms with van der Waals surface area (Å²) < 4.78 is 1.21. The molecule has 0 fully saturated rings. The summed E-state index contributed by atoms with van der Waals surface area (Å²) in [6, 6.07) is 8.02. The van der Waals surface area contributed by atoms with Crippen LogP contribution in [0, 0.1) is 5.51 Å². The normalized spacial score (nSPS) is 9.20. The number of thiazole rings is 1. The average molecular weight is 185 g/mol. The first kappa shape index (κ1) is 7.80. The molecule has 0 aliphatic rings. The minimum Gasteiger partial charge on any atom is -0.386 e. The van der Waals surface area contributed by atoms with Gasteiger partial charge in [-0.25, -0.2) is 0 Å². The van der Waals surface area contributed by atoms with Crippen LogP contribution in [0.3, 0.4) is 0 Å². The van der Waals surface area contributed by atoms with Crippen LogP contribution < -0.4 is 0 Å². The van der Waals surface area contributed by atoms with E-state index < -0.39 is 0 Å². The fourth-order valence-electron chi connectivity index (χ4n) is 0.757. The summed E-state index contributed by atoms with van der Waals surface area (Å²) >= 11 is 1.55. The number of para-hydroxylation sites is 1. The third kappa shape index (κ3) is 1.24. The van der Waals surface area contributed by atoms with Gasteiger partial charge in [-0.05, 0) is 5.51 Å². The maximum absolute atomic E-state index is 4.01. The summed E-state index contributed by atoms with van der Waals surface area (Å²) in [6.45, 7) is 0. The molecule has 0 bridgehead atoms. The Morgan fingerprint density at radius 1 is 1.30 bits per heavy atom. The monoisotopic (exact) mass is 185 g/mol. The van der Waals surface area contributed by atoms with Gasteiger partial charge in [0.25, 0.3) is 0 Å². The topological polar surface area (TPSA) is 12.9 Å². The van der Waals surface area contributed by atoms with Crippen LogP contribution in [-0.2, 0) is 18.6 Å². The molecular formula is C7H4NSV-. The van der Waals surface area contributed by atoms with E-state index in [1.807, 2.05) is 24.3 Å². The van der Waals surface area contributed by atoms with Gasteiger partial charge in [-0.15, -0.1) is 16.8 Å². The van der Waals surface area contributed by atoms with Crippen molar-refractivity contribution in [3.8, 4) is 0 Å². The zero-order valence-electron chi connectivity index (χ0n) is 5.11. The van der Waals surface area contributed by atoms with Gasteiger partial charge in [0.05, 0.1) is 0 Å². The van der Waals surface area contributed by atoms with Crippen LogP contribution in [0.4, 0.5) is 0 Å². The minimum atomic E-state index is 0. The molecule has 10 heavy (non-hydrogen) atoms. The van der Waals surface area contributed by atoms with Crippen LogP contribution in [0.2, 0.25) is 0 Å². The zero-order chi connectivity index (χ0) is 6.10. The van der Waals surface area contributed by atoms with E-state index in [1.165, 1.54) is 4.70 Å². The summed E-state index contributed by atoms with van der Waals surface area (Å²) in [4.78, 5) is 4.01. The second-order valence-corrected chi connectivity index (χ2v) is 2.60. The molecule has 1 aromatic carbocycles. The fraction of sp³-hybridized carbons (Fsp3) is 0. The maximum atomic E-state index is 4.01. The van der Waals surface area contributed by atoms with Gasteiger partial charge in [0, 0.05) is 18.6 Å². The Kier molecular flexibility index (Phi) is 2.49. The number of nitrogens with zero attached hydrogens (tertiary/aromatic N) is 1. The average Bonchev–Trinajstić information content (AvgIpc) is 2.33. The van der Waals surface area contributed by atoms with Crippen LogP contribution >= 0.6 is 11.3 Å². The van der Waals surface area contributed by atoms with Crippen LogP contribution in [0.5, 0.6) is 0 Å². The van der Waals surface area contributed by atoms with Gasteiger partial charge >= 0.3 is 0 Å². The first-order valence-corrected chi connectivity index (χ1v) is 3.50. The molecule has 1 radical (unpaired) electrons. The Balaban J connectivity index is 0.000000500. The maximum Gasteiger partial charge on any atom is 0 e. The van der Waals surface area contributed by atoms with Crippen molar-refractivity contribution in [1.82, 2.24) is 4.98 Å². The van der Waals surface area contributed by atoms with Crippen LogP contribution in [0.15, 0.2) is 24.3 Å². The molecule has 0 saturated heterocycles. The predicted molar refractivity (Wildman–Crippen MR) is 38.5 cm³/mol. The van der Waals surface area contributed by atoms with E-state index in [1.54, 1.807) is 11.3 Å². The van der Waals surface area contributed by atoms with Gasteiger partial charge in [-0.1, -0.05) is 17.6 Å². The summed E-state index contributed by atoms with van der Waals surface area (Å²) in [5.74, 6) is 0. The Labute approximate surface area is 75.0 Å². The quantitative estimate of drug-likeness (QED) is 0.572. The number of hydrogen-bond donors (Lipinski definition) is 0. The molecule has 49 valence electrons. The van der Waals surface area contributed by atoms with Crippen LogP contribution in [0.25, 0.3) is 10.2 Å². The fourth-order valence-corrected chi connectivity index (χ4v) is 1.36. The molecule has 0 atom stereocenters. The van der Waals surface area contributed by atoms with Gasteiger partial charge in [-0.3, -0.25) is 11.3 Å². The molecule has 0 aliphatic heterocycles. The van der Waals surface area contributed by atoms with Crippen molar-refractivity contribution in [2.24, 2.45) is 0 Å². The van der Waals surface area contributed by atoms with E-state index in [9.17, 15) is 0 Å². The first-order valence-electron chi connectivity index (χ1n) is 2.68. The Hall–Kier alpha value is -0.306. The van der Waals surface area contributed by atoms with Gasteiger partial charge in [0.1, 0.15) is 0 Å². The molecule has 1 aromatic heterocycles. The number of fused-ring (bicyclic) bond motifs is 1. The number of rotatable bonds is 0. The van der Waals surface area contributed by atoms with Gasteiger partial charge in [0.2, 0.25) is 0 Å². The second kappa shape index (κ2) is 3.19. The van der Waals surface area contributed by atoms with E-state index in [0.717, 1.165) is 5.52 Å². The number of aromatic nitrogens is 1. The summed E-state index contributed by atoms with van der Waals surface area (Å²) in [5, 5.41) is 0. The SMILES string of the molecule is [V].[c-]1nc2ccccc2s1. The number of benzene rings is 1. The second-order valence-electron chi connectivity index (χ2n) is 1.77. The molecule has 0 amide bonds. The Morgan fingerprint density at radius 3 is 2.90 bits per heavy atom. The van der Waals surface area contributed by atoms with Gasteiger partial charge < -0.3 is 4.98 Å².